The molecule has 2 bridgehead atoms. The van der Waals surface area contributed by atoms with E-state index in [1.54, 1.807) is 12.1 Å². The molecule has 4 nitrogen and oxygen atoms in total. The molecule has 0 unspecified atom stereocenters. The summed E-state index contributed by atoms with van der Waals surface area (Å²) in [6, 6.07) is 5.48. The number of ether oxygens (including phenoxy) is 1. The molecule has 5 heteroatoms. The van der Waals surface area contributed by atoms with Gasteiger partial charge in [0.15, 0.2) is 0 Å². The highest BCUT2D eigenvalue weighted by Gasteiger charge is 2.49. The highest BCUT2D eigenvalue weighted by atomic mass is 127. The first-order chi connectivity index (χ1) is 11.0. The van der Waals surface area contributed by atoms with E-state index in [1.165, 1.54) is 45.6 Å². The Kier molecular flexibility index (Phi) is 3.59. The van der Waals surface area contributed by atoms with E-state index in [4.69, 9.17) is 9.72 Å². The fourth-order valence-corrected chi connectivity index (χ4v) is 4.82. The maximum atomic E-state index is 11.6. The van der Waals surface area contributed by atoms with Crippen molar-refractivity contribution in [3.63, 3.8) is 0 Å². The van der Waals surface area contributed by atoms with Crippen molar-refractivity contribution in [3.8, 4) is 0 Å². The van der Waals surface area contributed by atoms with E-state index in [2.05, 4.69) is 27.6 Å². The highest BCUT2D eigenvalue weighted by molar-refractivity contribution is 14.1. The van der Waals surface area contributed by atoms with E-state index < -0.39 is 0 Å². The first-order valence-corrected chi connectivity index (χ1v) is 9.16. The van der Waals surface area contributed by atoms with Crippen LogP contribution in [0.3, 0.4) is 0 Å². The number of nitrogens with zero attached hydrogens (tertiary/aromatic N) is 2. The van der Waals surface area contributed by atoms with Crippen molar-refractivity contribution >= 4 is 39.5 Å². The van der Waals surface area contributed by atoms with Crippen LogP contribution in [0, 0.1) is 0 Å². The van der Waals surface area contributed by atoms with Crippen LogP contribution in [-0.2, 0) is 10.2 Å². The smallest absolute Gasteiger partial charge is 0.337 e. The van der Waals surface area contributed by atoms with Crippen LogP contribution in [0.4, 0.5) is 0 Å². The second-order valence-electron chi connectivity index (χ2n) is 6.89. The van der Waals surface area contributed by atoms with Gasteiger partial charge in [-0.25, -0.2) is 14.8 Å². The molecule has 0 spiro atoms. The predicted octanol–water partition coefficient (Wildman–Crippen LogP) is 4.20. The lowest BCUT2D eigenvalue weighted by Gasteiger charge is -2.50. The molecule has 0 amide bonds. The number of methoxy groups -OCH3 is 1. The number of hydrogen-bond donors (Lipinski definition) is 0. The van der Waals surface area contributed by atoms with Crippen LogP contribution >= 0.6 is 22.6 Å². The van der Waals surface area contributed by atoms with Gasteiger partial charge in [0.05, 0.1) is 18.2 Å². The molecule has 0 saturated heterocycles. The summed E-state index contributed by atoms with van der Waals surface area (Å²) < 4.78 is 5.29. The Bertz CT molecular complexity index is 765. The summed E-state index contributed by atoms with van der Waals surface area (Å²) >= 11 is 2.66. The SMILES string of the molecule is COC(=O)c1ccc2nc(C34CCC(I)(CC3)CC4)ncc2c1. The minimum Gasteiger partial charge on any atom is -0.465 e. The molecule has 5 rings (SSSR count). The van der Waals surface area contributed by atoms with Crippen LogP contribution in [0.2, 0.25) is 0 Å². The van der Waals surface area contributed by atoms with E-state index >= 15 is 0 Å². The standard InChI is InChI=1S/C18H19IN2O2/c1-23-15(22)12-2-3-14-13(10-12)11-20-16(21-14)17-4-7-18(19,8-5-17)9-6-17/h2-3,10-11H,4-9H2,1H3. The van der Waals surface area contributed by atoms with Crippen molar-refractivity contribution in [1.29, 1.82) is 0 Å². The Hall–Kier alpha value is -1.24. The van der Waals surface area contributed by atoms with Gasteiger partial charge in [-0.15, -0.1) is 0 Å². The summed E-state index contributed by atoms with van der Waals surface area (Å²) in [7, 11) is 1.39. The molecular weight excluding hydrogens is 403 g/mol. The van der Waals surface area contributed by atoms with Gasteiger partial charge >= 0.3 is 5.97 Å². The van der Waals surface area contributed by atoms with Crippen molar-refractivity contribution in [2.24, 2.45) is 0 Å². The summed E-state index contributed by atoms with van der Waals surface area (Å²) in [5.74, 6) is 0.668. The number of aromatic nitrogens is 2. The molecule has 3 aliphatic rings. The maximum Gasteiger partial charge on any atom is 0.337 e. The Morgan fingerprint density at radius 2 is 1.87 bits per heavy atom. The van der Waals surface area contributed by atoms with Gasteiger partial charge in [0.25, 0.3) is 0 Å². The fraction of sp³-hybridized carbons (Fsp3) is 0.500. The van der Waals surface area contributed by atoms with Crippen molar-refractivity contribution in [3.05, 3.63) is 35.8 Å². The number of fused-ring (bicyclic) bond motifs is 4. The lowest BCUT2D eigenvalue weighted by Crippen LogP contribution is -2.45. The molecule has 3 aliphatic carbocycles. The molecule has 1 heterocycles. The zero-order valence-electron chi connectivity index (χ0n) is 13.1. The molecule has 0 aliphatic heterocycles. The Balaban J connectivity index is 1.71. The van der Waals surface area contributed by atoms with Gasteiger partial charge < -0.3 is 4.74 Å². The second kappa shape index (κ2) is 5.40. The van der Waals surface area contributed by atoms with E-state index in [0.717, 1.165) is 16.7 Å². The Morgan fingerprint density at radius 3 is 2.52 bits per heavy atom. The summed E-state index contributed by atoms with van der Waals surface area (Å²) in [6.45, 7) is 0. The summed E-state index contributed by atoms with van der Waals surface area (Å²) in [5, 5.41) is 0.892. The highest BCUT2D eigenvalue weighted by Crippen LogP contribution is 2.56. The van der Waals surface area contributed by atoms with Crippen LogP contribution in [-0.4, -0.2) is 26.5 Å². The Morgan fingerprint density at radius 1 is 1.17 bits per heavy atom. The van der Waals surface area contributed by atoms with E-state index in [-0.39, 0.29) is 11.4 Å². The van der Waals surface area contributed by atoms with Gasteiger partial charge in [0.1, 0.15) is 5.82 Å². The number of halogens is 1. The fourth-order valence-electron chi connectivity index (χ4n) is 4.01. The summed E-state index contributed by atoms with van der Waals surface area (Å²) in [5.41, 5.74) is 1.62. The molecule has 23 heavy (non-hydrogen) atoms. The number of alkyl halides is 1. The molecule has 3 saturated carbocycles. The minimum atomic E-state index is -0.326. The predicted molar refractivity (Wildman–Crippen MR) is 97.0 cm³/mol. The Labute approximate surface area is 149 Å². The van der Waals surface area contributed by atoms with Crippen molar-refractivity contribution in [1.82, 2.24) is 9.97 Å². The quantitative estimate of drug-likeness (QED) is 0.414. The third-order valence-corrected chi connectivity index (χ3v) is 7.25. The third kappa shape index (κ3) is 2.53. The lowest BCUT2D eigenvalue weighted by molar-refractivity contribution is 0.0601. The largest absolute Gasteiger partial charge is 0.465 e. The number of hydrogen-bond acceptors (Lipinski definition) is 4. The zero-order chi connectivity index (χ0) is 16.1. The average Bonchev–Trinajstić information content (AvgIpc) is 2.61. The molecule has 3 fully saturated rings. The van der Waals surface area contributed by atoms with Gasteiger partial charge in [0, 0.05) is 20.4 Å². The molecule has 0 radical (unpaired) electrons. The molecular formula is C18H19IN2O2. The van der Waals surface area contributed by atoms with Crippen molar-refractivity contribution in [2.45, 2.75) is 47.4 Å². The molecule has 1 aromatic carbocycles. The second-order valence-corrected chi connectivity index (χ2v) is 9.18. The van der Waals surface area contributed by atoms with Crippen LogP contribution in [0.25, 0.3) is 10.9 Å². The molecule has 1 aromatic heterocycles. The monoisotopic (exact) mass is 422 g/mol. The topological polar surface area (TPSA) is 52.1 Å². The van der Waals surface area contributed by atoms with E-state index in [1.807, 2.05) is 12.3 Å². The average molecular weight is 422 g/mol. The molecule has 0 atom stereocenters. The normalized spacial score (nSPS) is 29.7. The van der Waals surface area contributed by atoms with Crippen molar-refractivity contribution < 1.29 is 9.53 Å². The molecule has 2 aromatic rings. The number of esters is 1. The number of rotatable bonds is 2. The van der Waals surface area contributed by atoms with Gasteiger partial charge in [-0.1, -0.05) is 22.6 Å². The van der Waals surface area contributed by atoms with E-state index in [0.29, 0.717) is 8.99 Å². The van der Waals surface area contributed by atoms with Gasteiger partial charge in [-0.2, -0.15) is 0 Å². The first-order valence-electron chi connectivity index (χ1n) is 8.08. The lowest BCUT2D eigenvalue weighted by atomic mass is 9.60. The molecule has 120 valence electrons. The van der Waals surface area contributed by atoms with Crippen LogP contribution in [0.15, 0.2) is 24.4 Å². The number of carbonyl (C=O) groups excluding carboxylic acids is 1. The first kappa shape index (κ1) is 15.3. The van der Waals surface area contributed by atoms with Crippen LogP contribution in [0.5, 0.6) is 0 Å². The van der Waals surface area contributed by atoms with Gasteiger partial charge in [-0.3, -0.25) is 0 Å². The van der Waals surface area contributed by atoms with Crippen molar-refractivity contribution in [2.75, 3.05) is 7.11 Å². The van der Waals surface area contributed by atoms with E-state index in [9.17, 15) is 4.79 Å². The van der Waals surface area contributed by atoms with Crippen LogP contribution < -0.4 is 0 Å². The number of benzene rings is 1. The van der Waals surface area contributed by atoms with Gasteiger partial charge in [-0.05, 0) is 56.7 Å². The van der Waals surface area contributed by atoms with Crippen LogP contribution in [0.1, 0.15) is 54.7 Å². The van der Waals surface area contributed by atoms with Gasteiger partial charge in [0.2, 0.25) is 0 Å². The summed E-state index contributed by atoms with van der Waals surface area (Å²) in [4.78, 5) is 21.2. The summed E-state index contributed by atoms with van der Waals surface area (Å²) in [6.07, 6.45) is 9.27. The molecule has 0 N–H and O–H groups in total. The maximum absolute atomic E-state index is 11.6. The number of carbonyl (C=O) groups is 1. The minimum absolute atomic E-state index is 0.169. The zero-order valence-corrected chi connectivity index (χ0v) is 15.3. The third-order valence-electron chi connectivity index (χ3n) is 5.63.